The first-order valence-corrected chi connectivity index (χ1v) is 8.74. The minimum atomic E-state index is -0.397. The summed E-state index contributed by atoms with van der Waals surface area (Å²) in [6.45, 7) is 2.63. The highest BCUT2D eigenvalue weighted by molar-refractivity contribution is 5.92. The van der Waals surface area contributed by atoms with Crippen molar-refractivity contribution < 1.29 is 19.0 Å². The Kier molecular flexibility index (Phi) is 6.10. The number of carbonyl (C=O) groups is 1. The molecule has 3 aromatic rings. The van der Waals surface area contributed by atoms with Crippen molar-refractivity contribution in [3.8, 4) is 11.5 Å². The summed E-state index contributed by atoms with van der Waals surface area (Å²) in [4.78, 5) is 12.0. The Bertz CT molecular complexity index is 889. The second kappa shape index (κ2) is 8.90. The molecule has 0 N–H and O–H groups in total. The van der Waals surface area contributed by atoms with E-state index in [1.54, 1.807) is 12.1 Å². The van der Waals surface area contributed by atoms with Crippen molar-refractivity contribution in [2.75, 3.05) is 7.11 Å². The second-order valence-electron chi connectivity index (χ2n) is 6.11. The van der Waals surface area contributed by atoms with Crippen LogP contribution < -0.4 is 9.47 Å². The van der Waals surface area contributed by atoms with Crippen molar-refractivity contribution >= 4 is 5.97 Å². The first-order chi connectivity index (χ1) is 13.2. The normalized spacial score (nSPS) is 10.3. The Morgan fingerprint density at radius 2 is 1.33 bits per heavy atom. The van der Waals surface area contributed by atoms with Gasteiger partial charge in [0, 0.05) is 5.56 Å². The predicted octanol–water partition coefficient (Wildman–Crippen LogP) is 4.94. The maximum atomic E-state index is 12.0. The van der Waals surface area contributed by atoms with Crippen molar-refractivity contribution in [1.29, 1.82) is 0 Å². The van der Waals surface area contributed by atoms with Crippen molar-refractivity contribution in [2.45, 2.75) is 20.1 Å². The van der Waals surface area contributed by atoms with Crippen LogP contribution in [0.3, 0.4) is 0 Å². The molecule has 0 aliphatic heterocycles. The standard InChI is InChI=1S/C23H22O4/c1-17-20(23(24)25-2)13-14-21(26-15-18-9-5-3-6-10-18)22(17)27-16-19-11-7-4-8-12-19/h3-14H,15-16H2,1-2H3. The minimum absolute atomic E-state index is 0.383. The fourth-order valence-corrected chi connectivity index (χ4v) is 2.76. The number of rotatable bonds is 7. The largest absolute Gasteiger partial charge is 0.485 e. The fraction of sp³-hybridized carbons (Fsp3) is 0.174. The van der Waals surface area contributed by atoms with Crippen LogP contribution in [0.1, 0.15) is 27.0 Å². The van der Waals surface area contributed by atoms with Crippen LogP contribution in [-0.2, 0) is 18.0 Å². The molecule has 0 aliphatic rings. The van der Waals surface area contributed by atoms with E-state index < -0.39 is 5.97 Å². The van der Waals surface area contributed by atoms with E-state index in [9.17, 15) is 4.79 Å². The average molecular weight is 362 g/mol. The zero-order valence-electron chi connectivity index (χ0n) is 15.5. The average Bonchev–Trinajstić information content (AvgIpc) is 2.72. The van der Waals surface area contributed by atoms with Gasteiger partial charge in [0.25, 0.3) is 0 Å². The predicted molar refractivity (Wildman–Crippen MR) is 104 cm³/mol. The van der Waals surface area contributed by atoms with E-state index in [1.165, 1.54) is 7.11 Å². The third-order valence-corrected chi connectivity index (χ3v) is 4.24. The molecular weight excluding hydrogens is 340 g/mol. The third-order valence-electron chi connectivity index (χ3n) is 4.24. The molecule has 0 heterocycles. The summed E-state index contributed by atoms with van der Waals surface area (Å²) in [6, 6.07) is 23.2. The van der Waals surface area contributed by atoms with E-state index in [-0.39, 0.29) is 0 Å². The maximum absolute atomic E-state index is 12.0. The Morgan fingerprint density at radius 3 is 1.89 bits per heavy atom. The van der Waals surface area contributed by atoms with Gasteiger partial charge >= 0.3 is 5.97 Å². The molecule has 0 atom stereocenters. The quantitative estimate of drug-likeness (QED) is 0.559. The highest BCUT2D eigenvalue weighted by atomic mass is 16.5. The fourth-order valence-electron chi connectivity index (χ4n) is 2.76. The van der Waals surface area contributed by atoms with Gasteiger partial charge in [-0.25, -0.2) is 4.79 Å². The molecular formula is C23H22O4. The number of hydrogen-bond donors (Lipinski definition) is 0. The van der Waals surface area contributed by atoms with Crippen molar-refractivity contribution in [3.05, 3.63) is 95.1 Å². The topological polar surface area (TPSA) is 44.8 Å². The lowest BCUT2D eigenvalue weighted by atomic mass is 10.1. The molecule has 4 heteroatoms. The zero-order valence-corrected chi connectivity index (χ0v) is 15.5. The lowest BCUT2D eigenvalue weighted by Gasteiger charge is -2.17. The van der Waals surface area contributed by atoms with Gasteiger partial charge in [-0.1, -0.05) is 60.7 Å². The van der Waals surface area contributed by atoms with Gasteiger partial charge in [-0.15, -0.1) is 0 Å². The molecule has 27 heavy (non-hydrogen) atoms. The summed E-state index contributed by atoms with van der Waals surface area (Å²) in [5, 5.41) is 0. The molecule has 0 saturated heterocycles. The number of esters is 1. The molecule has 0 radical (unpaired) electrons. The van der Waals surface area contributed by atoms with Gasteiger partial charge in [0.2, 0.25) is 0 Å². The number of benzene rings is 3. The van der Waals surface area contributed by atoms with E-state index in [4.69, 9.17) is 14.2 Å². The summed E-state index contributed by atoms with van der Waals surface area (Å²) in [5.41, 5.74) is 3.26. The molecule has 3 rings (SSSR count). The molecule has 0 unspecified atom stereocenters. The summed E-state index contributed by atoms with van der Waals surface area (Å²) < 4.78 is 16.9. The molecule has 0 fully saturated rings. The van der Waals surface area contributed by atoms with Crippen LogP contribution in [0.25, 0.3) is 0 Å². The van der Waals surface area contributed by atoms with Gasteiger partial charge in [-0.3, -0.25) is 0 Å². The molecule has 3 aromatic carbocycles. The van der Waals surface area contributed by atoms with Crippen LogP contribution in [0.2, 0.25) is 0 Å². The molecule has 0 aliphatic carbocycles. The van der Waals surface area contributed by atoms with Crippen molar-refractivity contribution in [1.82, 2.24) is 0 Å². The van der Waals surface area contributed by atoms with Crippen molar-refractivity contribution in [3.63, 3.8) is 0 Å². The maximum Gasteiger partial charge on any atom is 0.338 e. The number of ether oxygens (including phenoxy) is 3. The van der Waals surface area contributed by atoms with E-state index in [0.29, 0.717) is 35.8 Å². The van der Waals surface area contributed by atoms with Crippen LogP contribution in [-0.4, -0.2) is 13.1 Å². The lowest BCUT2D eigenvalue weighted by molar-refractivity contribution is 0.0599. The monoisotopic (exact) mass is 362 g/mol. The summed E-state index contributed by atoms with van der Waals surface area (Å²) in [7, 11) is 1.37. The molecule has 0 amide bonds. The summed E-state index contributed by atoms with van der Waals surface area (Å²) >= 11 is 0. The van der Waals surface area contributed by atoms with Crippen LogP contribution in [0.4, 0.5) is 0 Å². The second-order valence-corrected chi connectivity index (χ2v) is 6.11. The van der Waals surface area contributed by atoms with E-state index >= 15 is 0 Å². The van der Waals surface area contributed by atoms with Crippen LogP contribution in [0, 0.1) is 6.92 Å². The molecule has 0 aromatic heterocycles. The van der Waals surface area contributed by atoms with Crippen LogP contribution in [0.15, 0.2) is 72.8 Å². The Labute approximate surface area is 159 Å². The van der Waals surface area contributed by atoms with Gasteiger partial charge in [-0.05, 0) is 30.2 Å². The van der Waals surface area contributed by atoms with Gasteiger partial charge in [0.15, 0.2) is 11.5 Å². The van der Waals surface area contributed by atoms with Crippen LogP contribution >= 0.6 is 0 Å². The van der Waals surface area contributed by atoms with E-state index in [0.717, 1.165) is 11.1 Å². The highest BCUT2D eigenvalue weighted by Gasteiger charge is 2.18. The first kappa shape index (κ1) is 18.5. The summed E-state index contributed by atoms with van der Waals surface area (Å²) in [6.07, 6.45) is 0. The number of hydrogen-bond acceptors (Lipinski definition) is 4. The SMILES string of the molecule is COC(=O)c1ccc(OCc2ccccc2)c(OCc2ccccc2)c1C. The molecule has 138 valence electrons. The van der Waals surface area contributed by atoms with E-state index in [1.807, 2.05) is 67.6 Å². The molecule has 0 spiro atoms. The highest BCUT2D eigenvalue weighted by Crippen LogP contribution is 2.35. The number of carbonyl (C=O) groups excluding carboxylic acids is 1. The molecule has 4 nitrogen and oxygen atoms in total. The van der Waals surface area contributed by atoms with Gasteiger partial charge < -0.3 is 14.2 Å². The summed E-state index contributed by atoms with van der Waals surface area (Å²) in [5.74, 6) is 0.754. The Balaban J connectivity index is 1.86. The zero-order chi connectivity index (χ0) is 19.1. The molecule has 0 saturated carbocycles. The van der Waals surface area contributed by atoms with Crippen LogP contribution in [0.5, 0.6) is 11.5 Å². The number of methoxy groups -OCH3 is 1. The smallest absolute Gasteiger partial charge is 0.338 e. The van der Waals surface area contributed by atoms with Gasteiger partial charge in [0.1, 0.15) is 13.2 Å². The van der Waals surface area contributed by atoms with E-state index in [2.05, 4.69) is 0 Å². The van der Waals surface area contributed by atoms with Crippen molar-refractivity contribution in [2.24, 2.45) is 0 Å². The third kappa shape index (κ3) is 4.67. The van der Waals surface area contributed by atoms with Gasteiger partial charge in [-0.2, -0.15) is 0 Å². The Hall–Kier alpha value is -3.27. The molecule has 0 bridgehead atoms. The lowest BCUT2D eigenvalue weighted by Crippen LogP contribution is -2.08. The minimum Gasteiger partial charge on any atom is -0.485 e. The first-order valence-electron chi connectivity index (χ1n) is 8.74. The van der Waals surface area contributed by atoms with Gasteiger partial charge in [0.05, 0.1) is 12.7 Å². The Morgan fingerprint density at radius 1 is 0.778 bits per heavy atom.